The van der Waals surface area contributed by atoms with E-state index < -0.39 is 0 Å². The number of rotatable bonds is 4. The molecule has 3 heterocycles. The lowest BCUT2D eigenvalue weighted by molar-refractivity contribution is 0.0722. The van der Waals surface area contributed by atoms with E-state index in [1.54, 1.807) is 43.0 Å². The fourth-order valence-corrected chi connectivity index (χ4v) is 3.62. The maximum atomic E-state index is 13.1. The SMILES string of the molecule is COc1cccc(-c2cc3c(c(OC)c2)OCCN(C(=O)c2cc(C)nn2C)C3)n1. The number of hydrogen-bond acceptors (Lipinski definition) is 6. The van der Waals surface area contributed by atoms with Crippen molar-refractivity contribution in [2.24, 2.45) is 7.05 Å². The van der Waals surface area contributed by atoms with Gasteiger partial charge in [0.25, 0.3) is 5.91 Å². The van der Waals surface area contributed by atoms with E-state index in [1.807, 2.05) is 31.2 Å². The highest BCUT2D eigenvalue weighted by atomic mass is 16.5. The summed E-state index contributed by atoms with van der Waals surface area (Å²) in [5, 5.41) is 4.29. The highest BCUT2D eigenvalue weighted by molar-refractivity contribution is 5.92. The van der Waals surface area contributed by atoms with Crippen molar-refractivity contribution in [1.29, 1.82) is 0 Å². The Morgan fingerprint density at radius 1 is 1.17 bits per heavy atom. The Kier molecular flexibility index (Phi) is 5.31. The molecule has 30 heavy (non-hydrogen) atoms. The number of pyridine rings is 1. The van der Waals surface area contributed by atoms with Gasteiger partial charge in [-0.2, -0.15) is 5.10 Å². The van der Waals surface area contributed by atoms with Crippen LogP contribution in [-0.4, -0.2) is 52.9 Å². The third-order valence-corrected chi connectivity index (χ3v) is 5.06. The number of hydrogen-bond donors (Lipinski definition) is 0. The van der Waals surface area contributed by atoms with Gasteiger partial charge in [0.2, 0.25) is 5.88 Å². The molecule has 8 heteroatoms. The largest absolute Gasteiger partial charge is 0.493 e. The van der Waals surface area contributed by atoms with Crippen LogP contribution in [0.5, 0.6) is 17.4 Å². The molecule has 0 unspecified atom stereocenters. The molecule has 1 aliphatic rings. The number of methoxy groups -OCH3 is 2. The summed E-state index contributed by atoms with van der Waals surface area (Å²) < 4.78 is 18.4. The molecule has 0 atom stereocenters. The van der Waals surface area contributed by atoms with E-state index in [-0.39, 0.29) is 5.91 Å². The maximum absolute atomic E-state index is 13.1. The van der Waals surface area contributed by atoms with Gasteiger partial charge in [0.1, 0.15) is 12.3 Å². The molecule has 1 aliphatic heterocycles. The quantitative estimate of drug-likeness (QED) is 0.661. The smallest absolute Gasteiger partial charge is 0.272 e. The summed E-state index contributed by atoms with van der Waals surface area (Å²) in [6.45, 7) is 3.11. The van der Waals surface area contributed by atoms with Gasteiger partial charge in [0, 0.05) is 30.8 Å². The van der Waals surface area contributed by atoms with Crippen LogP contribution in [0.2, 0.25) is 0 Å². The Balaban J connectivity index is 1.72. The van der Waals surface area contributed by atoms with E-state index in [1.165, 1.54) is 0 Å². The van der Waals surface area contributed by atoms with Crippen molar-refractivity contribution in [3.8, 4) is 28.6 Å². The topological polar surface area (TPSA) is 78.7 Å². The summed E-state index contributed by atoms with van der Waals surface area (Å²) in [5.41, 5.74) is 3.83. The molecule has 0 bridgehead atoms. The van der Waals surface area contributed by atoms with Crippen LogP contribution in [0.3, 0.4) is 0 Å². The van der Waals surface area contributed by atoms with Gasteiger partial charge < -0.3 is 19.1 Å². The van der Waals surface area contributed by atoms with Gasteiger partial charge in [-0.05, 0) is 31.2 Å². The van der Waals surface area contributed by atoms with Gasteiger partial charge in [-0.25, -0.2) is 4.98 Å². The Bertz CT molecular complexity index is 1090. The lowest BCUT2D eigenvalue weighted by Crippen LogP contribution is -2.33. The molecular formula is C22H24N4O4. The van der Waals surface area contributed by atoms with Crippen molar-refractivity contribution in [2.45, 2.75) is 13.5 Å². The minimum absolute atomic E-state index is 0.0848. The molecule has 2 aromatic heterocycles. The van der Waals surface area contributed by atoms with Crippen LogP contribution >= 0.6 is 0 Å². The molecule has 1 amide bonds. The van der Waals surface area contributed by atoms with Gasteiger partial charge >= 0.3 is 0 Å². The first-order valence-corrected chi connectivity index (χ1v) is 9.65. The zero-order valence-corrected chi connectivity index (χ0v) is 17.5. The summed E-state index contributed by atoms with van der Waals surface area (Å²) >= 11 is 0. The monoisotopic (exact) mass is 408 g/mol. The third-order valence-electron chi connectivity index (χ3n) is 5.06. The number of aryl methyl sites for hydroxylation is 2. The molecule has 0 saturated carbocycles. The molecule has 0 aliphatic carbocycles. The fraction of sp³-hybridized carbons (Fsp3) is 0.318. The van der Waals surface area contributed by atoms with Gasteiger partial charge in [-0.3, -0.25) is 9.48 Å². The van der Waals surface area contributed by atoms with Crippen molar-refractivity contribution in [2.75, 3.05) is 27.4 Å². The second-order valence-electron chi connectivity index (χ2n) is 7.10. The van der Waals surface area contributed by atoms with Crippen LogP contribution in [0.25, 0.3) is 11.3 Å². The van der Waals surface area contributed by atoms with E-state index in [9.17, 15) is 4.79 Å². The Hall–Kier alpha value is -3.55. The molecular weight excluding hydrogens is 384 g/mol. The molecule has 0 N–H and O–H groups in total. The predicted molar refractivity (Wildman–Crippen MR) is 111 cm³/mol. The third kappa shape index (κ3) is 3.68. The number of ether oxygens (including phenoxy) is 3. The van der Waals surface area contributed by atoms with Gasteiger partial charge in [-0.1, -0.05) is 6.07 Å². The molecule has 0 fully saturated rings. The second kappa shape index (κ2) is 8.06. The number of nitrogens with zero attached hydrogens (tertiary/aromatic N) is 4. The summed E-state index contributed by atoms with van der Waals surface area (Å²) in [6.07, 6.45) is 0. The maximum Gasteiger partial charge on any atom is 0.272 e. The van der Waals surface area contributed by atoms with Crippen molar-refractivity contribution in [3.05, 3.63) is 53.3 Å². The van der Waals surface area contributed by atoms with Crippen LogP contribution in [0.15, 0.2) is 36.4 Å². The number of carbonyl (C=O) groups excluding carboxylic acids is 1. The Morgan fingerprint density at radius 3 is 2.70 bits per heavy atom. The first-order valence-electron chi connectivity index (χ1n) is 9.65. The van der Waals surface area contributed by atoms with E-state index in [2.05, 4.69) is 10.1 Å². The van der Waals surface area contributed by atoms with Crippen molar-refractivity contribution < 1.29 is 19.0 Å². The van der Waals surface area contributed by atoms with E-state index >= 15 is 0 Å². The predicted octanol–water partition coefficient (Wildman–Crippen LogP) is 2.84. The first kappa shape index (κ1) is 19.8. The van der Waals surface area contributed by atoms with Crippen LogP contribution < -0.4 is 14.2 Å². The minimum atomic E-state index is -0.0848. The normalized spacial score (nSPS) is 13.3. The number of amides is 1. The number of benzene rings is 1. The molecule has 4 rings (SSSR count). The molecule has 3 aromatic rings. The second-order valence-corrected chi connectivity index (χ2v) is 7.10. The van der Waals surface area contributed by atoms with Gasteiger partial charge in [0.05, 0.1) is 32.2 Å². The zero-order chi connectivity index (χ0) is 21.3. The Morgan fingerprint density at radius 2 is 2.00 bits per heavy atom. The van der Waals surface area contributed by atoms with Crippen molar-refractivity contribution >= 4 is 5.91 Å². The zero-order valence-electron chi connectivity index (χ0n) is 17.5. The fourth-order valence-electron chi connectivity index (χ4n) is 3.62. The van der Waals surface area contributed by atoms with Crippen LogP contribution in [0.4, 0.5) is 0 Å². The molecule has 0 saturated heterocycles. The van der Waals surface area contributed by atoms with E-state index in [4.69, 9.17) is 14.2 Å². The van der Waals surface area contributed by atoms with Crippen LogP contribution in [0.1, 0.15) is 21.7 Å². The molecule has 156 valence electrons. The standard InChI is InChI=1S/C22H24N4O4/c1-14-10-18(25(2)24-14)22(27)26-8-9-30-21-16(13-26)11-15(12-19(21)28-3)17-6-5-7-20(23-17)29-4/h5-7,10-12H,8-9,13H2,1-4H3. The average Bonchev–Trinajstić information content (AvgIpc) is 2.96. The van der Waals surface area contributed by atoms with Crippen molar-refractivity contribution in [1.82, 2.24) is 19.7 Å². The van der Waals surface area contributed by atoms with Crippen LogP contribution in [-0.2, 0) is 13.6 Å². The Labute approximate surface area is 175 Å². The first-order chi connectivity index (χ1) is 14.5. The summed E-state index contributed by atoms with van der Waals surface area (Å²) in [5.74, 6) is 1.71. The van der Waals surface area contributed by atoms with E-state index in [0.29, 0.717) is 42.8 Å². The average molecular weight is 408 g/mol. The van der Waals surface area contributed by atoms with Gasteiger partial charge in [0.15, 0.2) is 11.5 Å². The highest BCUT2D eigenvalue weighted by Gasteiger charge is 2.26. The van der Waals surface area contributed by atoms with Crippen LogP contribution in [0, 0.1) is 6.92 Å². The van der Waals surface area contributed by atoms with E-state index in [0.717, 1.165) is 22.5 Å². The molecule has 1 aromatic carbocycles. The molecule has 8 nitrogen and oxygen atoms in total. The summed E-state index contributed by atoms with van der Waals surface area (Å²) in [4.78, 5) is 19.4. The highest BCUT2D eigenvalue weighted by Crippen LogP contribution is 2.38. The summed E-state index contributed by atoms with van der Waals surface area (Å²) in [6, 6.07) is 11.3. The lowest BCUT2D eigenvalue weighted by atomic mass is 10.0. The number of fused-ring (bicyclic) bond motifs is 1. The number of carbonyl (C=O) groups is 1. The van der Waals surface area contributed by atoms with Crippen molar-refractivity contribution in [3.63, 3.8) is 0 Å². The van der Waals surface area contributed by atoms with Gasteiger partial charge in [-0.15, -0.1) is 0 Å². The molecule has 0 radical (unpaired) electrons. The minimum Gasteiger partial charge on any atom is -0.493 e. The number of aromatic nitrogens is 3. The molecule has 0 spiro atoms. The summed E-state index contributed by atoms with van der Waals surface area (Å²) in [7, 11) is 4.97. The lowest BCUT2D eigenvalue weighted by Gasteiger charge is -2.20.